The molecule has 0 spiro atoms. The minimum absolute atomic E-state index is 0.338. The van der Waals surface area contributed by atoms with Crippen LogP contribution in [0.25, 0.3) is 11.4 Å². The Kier molecular flexibility index (Phi) is 3.40. The van der Waals surface area contributed by atoms with Gasteiger partial charge >= 0.3 is 5.97 Å². The first kappa shape index (κ1) is 11.2. The van der Waals surface area contributed by atoms with Crippen LogP contribution in [0, 0.1) is 0 Å². The zero-order chi connectivity index (χ0) is 12.1. The molecule has 0 aliphatic heterocycles. The van der Waals surface area contributed by atoms with Gasteiger partial charge in [-0.1, -0.05) is 0 Å². The minimum Gasteiger partial charge on any atom is -0.462 e. The lowest BCUT2D eigenvalue weighted by Crippen LogP contribution is -2.06. The third-order valence-corrected chi connectivity index (χ3v) is 2.10. The Balaban J connectivity index is 2.22. The maximum atomic E-state index is 11.4. The van der Waals surface area contributed by atoms with Crippen molar-refractivity contribution in [2.24, 2.45) is 0 Å². The fourth-order valence-corrected chi connectivity index (χ4v) is 1.30. The zero-order valence-corrected chi connectivity index (χ0v) is 9.33. The third-order valence-electron chi connectivity index (χ3n) is 2.10. The van der Waals surface area contributed by atoms with Crippen LogP contribution in [0.3, 0.4) is 0 Å². The highest BCUT2D eigenvalue weighted by Crippen LogP contribution is 2.12. The number of hydrogen-bond acceptors (Lipinski definition) is 5. The molecule has 5 heteroatoms. The van der Waals surface area contributed by atoms with Crippen molar-refractivity contribution in [3.05, 3.63) is 42.5 Å². The molecule has 0 saturated heterocycles. The predicted octanol–water partition coefficient (Wildman–Crippen LogP) is 1.72. The molecule has 0 amide bonds. The van der Waals surface area contributed by atoms with Gasteiger partial charge in [0.1, 0.15) is 0 Å². The molecule has 0 aliphatic carbocycles. The van der Waals surface area contributed by atoms with Crippen molar-refractivity contribution in [3.63, 3.8) is 0 Å². The maximum absolute atomic E-state index is 11.4. The van der Waals surface area contributed by atoms with Gasteiger partial charge in [-0.25, -0.2) is 14.8 Å². The van der Waals surface area contributed by atoms with E-state index in [1.165, 1.54) is 12.4 Å². The number of carbonyl (C=O) groups is 1. The molecule has 0 fully saturated rings. The zero-order valence-electron chi connectivity index (χ0n) is 9.33. The first-order valence-corrected chi connectivity index (χ1v) is 5.21. The normalized spacial score (nSPS) is 9.94. The standard InChI is InChI=1S/C12H11N3O2/c1-2-17-12(16)10-7-14-11(15-8-10)9-3-5-13-6-4-9/h3-8H,2H2,1H3. The van der Waals surface area contributed by atoms with E-state index in [2.05, 4.69) is 15.0 Å². The second-order valence-corrected chi connectivity index (χ2v) is 3.25. The van der Waals surface area contributed by atoms with Crippen molar-refractivity contribution in [3.8, 4) is 11.4 Å². The second-order valence-electron chi connectivity index (χ2n) is 3.25. The van der Waals surface area contributed by atoms with E-state index in [-0.39, 0.29) is 0 Å². The van der Waals surface area contributed by atoms with Crippen LogP contribution >= 0.6 is 0 Å². The number of hydrogen-bond donors (Lipinski definition) is 0. The lowest BCUT2D eigenvalue weighted by Gasteiger charge is -2.02. The summed E-state index contributed by atoms with van der Waals surface area (Å²) in [7, 11) is 0. The van der Waals surface area contributed by atoms with Gasteiger partial charge in [0, 0.05) is 30.4 Å². The van der Waals surface area contributed by atoms with Gasteiger partial charge in [0.05, 0.1) is 12.2 Å². The van der Waals surface area contributed by atoms with Gasteiger partial charge in [0.2, 0.25) is 0 Å². The predicted molar refractivity (Wildman–Crippen MR) is 61.2 cm³/mol. The first-order valence-electron chi connectivity index (χ1n) is 5.21. The Morgan fingerprint density at radius 3 is 2.47 bits per heavy atom. The van der Waals surface area contributed by atoms with E-state index in [0.29, 0.717) is 18.0 Å². The van der Waals surface area contributed by atoms with E-state index in [1.54, 1.807) is 31.5 Å². The van der Waals surface area contributed by atoms with E-state index < -0.39 is 5.97 Å². The number of carbonyl (C=O) groups excluding carboxylic acids is 1. The molecule has 2 aromatic rings. The lowest BCUT2D eigenvalue weighted by atomic mass is 10.2. The Morgan fingerprint density at radius 2 is 1.88 bits per heavy atom. The molecule has 2 aromatic heterocycles. The molecule has 5 nitrogen and oxygen atoms in total. The van der Waals surface area contributed by atoms with Crippen molar-refractivity contribution < 1.29 is 9.53 Å². The summed E-state index contributed by atoms with van der Waals surface area (Å²) in [6.07, 6.45) is 6.25. The van der Waals surface area contributed by atoms with E-state index in [0.717, 1.165) is 5.56 Å². The molecule has 17 heavy (non-hydrogen) atoms. The number of esters is 1. The van der Waals surface area contributed by atoms with Crippen LogP contribution in [-0.2, 0) is 4.74 Å². The van der Waals surface area contributed by atoms with Crippen LogP contribution in [-0.4, -0.2) is 27.5 Å². The summed E-state index contributed by atoms with van der Waals surface area (Å²) in [5.74, 6) is 0.147. The molecule has 86 valence electrons. The van der Waals surface area contributed by atoms with E-state index in [4.69, 9.17) is 4.74 Å². The molecular formula is C12H11N3O2. The minimum atomic E-state index is -0.409. The molecule has 2 rings (SSSR count). The number of aromatic nitrogens is 3. The maximum Gasteiger partial charge on any atom is 0.341 e. The van der Waals surface area contributed by atoms with Gasteiger partial charge in [-0.05, 0) is 19.1 Å². The van der Waals surface area contributed by atoms with E-state index in [1.807, 2.05) is 0 Å². The monoisotopic (exact) mass is 229 g/mol. The highest BCUT2D eigenvalue weighted by atomic mass is 16.5. The molecule has 0 bridgehead atoms. The van der Waals surface area contributed by atoms with Crippen molar-refractivity contribution in [1.82, 2.24) is 15.0 Å². The smallest absolute Gasteiger partial charge is 0.341 e. The lowest BCUT2D eigenvalue weighted by molar-refractivity contribution is 0.0525. The Bertz CT molecular complexity index is 497. The summed E-state index contributed by atoms with van der Waals surface area (Å²) in [6, 6.07) is 3.61. The van der Waals surface area contributed by atoms with Crippen LogP contribution in [0.5, 0.6) is 0 Å². The van der Waals surface area contributed by atoms with Gasteiger partial charge < -0.3 is 4.74 Å². The summed E-state index contributed by atoms with van der Waals surface area (Å²) in [4.78, 5) is 23.5. The number of ether oxygens (including phenoxy) is 1. The van der Waals surface area contributed by atoms with Gasteiger partial charge in [-0.15, -0.1) is 0 Å². The number of nitrogens with zero attached hydrogens (tertiary/aromatic N) is 3. The third kappa shape index (κ3) is 2.63. The Hall–Kier alpha value is -2.30. The van der Waals surface area contributed by atoms with Gasteiger partial charge in [0.25, 0.3) is 0 Å². The Morgan fingerprint density at radius 1 is 1.24 bits per heavy atom. The molecule has 0 aliphatic rings. The number of rotatable bonds is 3. The highest BCUT2D eigenvalue weighted by Gasteiger charge is 2.08. The molecule has 0 unspecified atom stereocenters. The highest BCUT2D eigenvalue weighted by molar-refractivity contribution is 5.88. The summed E-state index contributed by atoms with van der Waals surface area (Å²) in [6.45, 7) is 2.09. The number of pyridine rings is 1. The molecule has 0 atom stereocenters. The van der Waals surface area contributed by atoms with Gasteiger partial charge in [0.15, 0.2) is 5.82 Å². The quantitative estimate of drug-likeness (QED) is 0.750. The van der Waals surface area contributed by atoms with E-state index in [9.17, 15) is 4.79 Å². The van der Waals surface area contributed by atoms with Crippen molar-refractivity contribution in [2.45, 2.75) is 6.92 Å². The van der Waals surface area contributed by atoms with Crippen LogP contribution in [0.2, 0.25) is 0 Å². The molecule has 0 aromatic carbocycles. The molecular weight excluding hydrogens is 218 g/mol. The summed E-state index contributed by atoms with van der Waals surface area (Å²) in [5, 5.41) is 0. The average molecular weight is 229 g/mol. The molecule has 0 radical (unpaired) electrons. The SMILES string of the molecule is CCOC(=O)c1cnc(-c2ccncc2)nc1. The van der Waals surface area contributed by atoms with Crippen LogP contribution in [0.1, 0.15) is 17.3 Å². The summed E-state index contributed by atoms with van der Waals surface area (Å²) < 4.78 is 4.84. The summed E-state index contributed by atoms with van der Waals surface area (Å²) in [5.41, 5.74) is 1.21. The van der Waals surface area contributed by atoms with E-state index >= 15 is 0 Å². The van der Waals surface area contributed by atoms with Crippen molar-refractivity contribution in [2.75, 3.05) is 6.61 Å². The molecule has 2 heterocycles. The largest absolute Gasteiger partial charge is 0.462 e. The first-order chi connectivity index (χ1) is 8.31. The van der Waals surface area contributed by atoms with Crippen LogP contribution in [0.4, 0.5) is 0 Å². The summed E-state index contributed by atoms with van der Waals surface area (Å²) >= 11 is 0. The van der Waals surface area contributed by atoms with Crippen LogP contribution in [0.15, 0.2) is 36.9 Å². The fraction of sp³-hybridized carbons (Fsp3) is 0.167. The topological polar surface area (TPSA) is 65.0 Å². The van der Waals surface area contributed by atoms with Gasteiger partial charge in [-0.3, -0.25) is 4.98 Å². The van der Waals surface area contributed by atoms with Gasteiger partial charge in [-0.2, -0.15) is 0 Å². The average Bonchev–Trinajstić information content (AvgIpc) is 2.40. The second kappa shape index (κ2) is 5.16. The molecule has 0 N–H and O–H groups in total. The van der Waals surface area contributed by atoms with Crippen molar-refractivity contribution in [1.29, 1.82) is 0 Å². The van der Waals surface area contributed by atoms with Crippen molar-refractivity contribution >= 4 is 5.97 Å². The fourth-order valence-electron chi connectivity index (χ4n) is 1.30. The van der Waals surface area contributed by atoms with Crippen LogP contribution < -0.4 is 0 Å². The Labute approximate surface area is 98.5 Å². The molecule has 0 saturated carbocycles.